The molecule has 9 nitrogen and oxygen atoms in total. The molecule has 1 aromatic heterocycles. The minimum Gasteiger partial charge on any atom is -0.493 e. The van der Waals surface area contributed by atoms with Gasteiger partial charge in [0.25, 0.3) is 0 Å². The summed E-state index contributed by atoms with van der Waals surface area (Å²) in [7, 11) is -3.87. The smallest absolute Gasteiger partial charge is 0.312 e. The van der Waals surface area contributed by atoms with Crippen molar-refractivity contribution in [2.45, 2.75) is 31.4 Å². The summed E-state index contributed by atoms with van der Waals surface area (Å²) in [5.74, 6) is 0.0124. The minimum absolute atomic E-state index is 0.0165. The van der Waals surface area contributed by atoms with Gasteiger partial charge in [-0.2, -0.15) is 13.4 Å². The number of nitrogen functional groups attached to an aromatic ring is 3. The highest BCUT2D eigenvalue weighted by Gasteiger charge is 2.38. The molecule has 0 aliphatic heterocycles. The van der Waals surface area contributed by atoms with Crippen LogP contribution in [0.3, 0.4) is 0 Å². The molecular weight excluding hydrogens is 449 g/mol. The summed E-state index contributed by atoms with van der Waals surface area (Å²) in [5.41, 5.74) is 19.4. The van der Waals surface area contributed by atoms with Crippen molar-refractivity contribution in [1.29, 1.82) is 0 Å². The van der Waals surface area contributed by atoms with Crippen LogP contribution < -0.4 is 26.1 Å². The number of aromatic nitrogens is 2. The molecule has 0 unspecified atom stereocenters. The topological polar surface area (TPSA) is 156 Å². The third kappa shape index (κ3) is 5.08. The van der Waals surface area contributed by atoms with Gasteiger partial charge in [-0.3, -0.25) is 0 Å². The third-order valence-corrected chi connectivity index (χ3v) is 6.78. The van der Waals surface area contributed by atoms with Gasteiger partial charge < -0.3 is 26.1 Å². The van der Waals surface area contributed by atoms with E-state index in [0.29, 0.717) is 35.3 Å². The zero-order chi connectivity index (χ0) is 23.8. The van der Waals surface area contributed by atoms with Gasteiger partial charge in [0.15, 0.2) is 5.75 Å². The van der Waals surface area contributed by atoms with E-state index in [1.54, 1.807) is 19.1 Å². The van der Waals surface area contributed by atoms with Gasteiger partial charge in [-0.25, -0.2) is 9.37 Å². The first-order valence-electron chi connectivity index (χ1n) is 10.3. The van der Waals surface area contributed by atoms with Crippen LogP contribution in [-0.4, -0.2) is 30.2 Å². The molecule has 0 amide bonds. The Kier molecular flexibility index (Phi) is 5.98. The first-order chi connectivity index (χ1) is 15.7. The molecule has 174 valence electrons. The molecule has 6 N–H and O–H groups in total. The fourth-order valence-corrected chi connectivity index (χ4v) is 4.69. The Morgan fingerprint density at radius 1 is 1.09 bits per heavy atom. The Balaban J connectivity index is 1.87. The van der Waals surface area contributed by atoms with E-state index in [4.69, 9.17) is 26.1 Å². The molecule has 4 rings (SSSR count). The van der Waals surface area contributed by atoms with Gasteiger partial charge >= 0.3 is 10.1 Å². The molecule has 1 heterocycles. The standard InChI is InChI=1S/C22H24FN5O4S/c1-2-31-18-6-12(5-14-11-27-22(26)28-21(14)25)7-19(32-33(29,30)17-3-4-17)20(18)13-8-15(23)10-16(24)9-13/h6-11,17H,2-5,24H2,1H3,(H4,25,26,27,28). The molecule has 1 fully saturated rings. The van der Waals surface area contributed by atoms with Crippen molar-refractivity contribution >= 4 is 27.6 Å². The van der Waals surface area contributed by atoms with E-state index in [1.807, 2.05) is 0 Å². The molecule has 0 saturated heterocycles. The number of anilines is 3. The Morgan fingerprint density at radius 2 is 1.82 bits per heavy atom. The summed E-state index contributed by atoms with van der Waals surface area (Å²) in [6.07, 6.45) is 2.82. The number of rotatable bonds is 8. The van der Waals surface area contributed by atoms with Crippen LogP contribution in [0.15, 0.2) is 36.5 Å². The lowest BCUT2D eigenvalue weighted by atomic mass is 9.98. The molecule has 1 aliphatic carbocycles. The average Bonchev–Trinajstić information content (AvgIpc) is 3.55. The molecule has 1 aliphatic rings. The van der Waals surface area contributed by atoms with Gasteiger partial charge in [0.1, 0.15) is 17.4 Å². The lowest BCUT2D eigenvalue weighted by Crippen LogP contribution is -2.15. The van der Waals surface area contributed by atoms with Crippen molar-refractivity contribution in [2.24, 2.45) is 0 Å². The van der Waals surface area contributed by atoms with Crippen molar-refractivity contribution < 1.29 is 21.7 Å². The monoisotopic (exact) mass is 473 g/mol. The van der Waals surface area contributed by atoms with Crippen molar-refractivity contribution in [3.8, 4) is 22.6 Å². The van der Waals surface area contributed by atoms with Crippen molar-refractivity contribution in [3.63, 3.8) is 0 Å². The van der Waals surface area contributed by atoms with Crippen LogP contribution in [0, 0.1) is 5.82 Å². The fourth-order valence-electron chi connectivity index (χ4n) is 3.46. The quantitative estimate of drug-likeness (QED) is 0.330. The molecule has 0 bridgehead atoms. The van der Waals surface area contributed by atoms with Gasteiger partial charge in [-0.15, -0.1) is 0 Å². The van der Waals surface area contributed by atoms with E-state index in [1.165, 1.54) is 24.4 Å². The zero-order valence-corrected chi connectivity index (χ0v) is 18.7. The molecule has 33 heavy (non-hydrogen) atoms. The van der Waals surface area contributed by atoms with Gasteiger partial charge in [0, 0.05) is 23.9 Å². The molecular formula is C22H24FN5O4S. The molecule has 2 aromatic carbocycles. The van der Waals surface area contributed by atoms with Gasteiger partial charge in [0.2, 0.25) is 5.95 Å². The number of nitrogens with zero attached hydrogens (tertiary/aromatic N) is 2. The highest BCUT2D eigenvalue weighted by Crippen LogP contribution is 2.43. The first kappa shape index (κ1) is 22.6. The summed E-state index contributed by atoms with van der Waals surface area (Å²) in [6.45, 7) is 2.06. The largest absolute Gasteiger partial charge is 0.493 e. The van der Waals surface area contributed by atoms with Crippen LogP contribution >= 0.6 is 0 Å². The van der Waals surface area contributed by atoms with Gasteiger partial charge in [-0.05, 0) is 61.2 Å². The number of hydrogen-bond acceptors (Lipinski definition) is 9. The predicted octanol–water partition coefficient (Wildman–Crippen LogP) is 2.89. The maximum Gasteiger partial charge on any atom is 0.312 e. The van der Waals surface area contributed by atoms with E-state index in [2.05, 4.69) is 9.97 Å². The number of nitrogens with two attached hydrogens (primary N) is 3. The van der Waals surface area contributed by atoms with Crippen LogP contribution in [0.4, 0.5) is 21.8 Å². The maximum atomic E-state index is 14.2. The Labute approximate surface area is 190 Å². The molecule has 1 saturated carbocycles. The van der Waals surface area contributed by atoms with E-state index < -0.39 is 21.2 Å². The maximum absolute atomic E-state index is 14.2. The second-order valence-corrected chi connectivity index (χ2v) is 9.58. The predicted molar refractivity (Wildman–Crippen MR) is 124 cm³/mol. The number of benzene rings is 2. The van der Waals surface area contributed by atoms with Crippen molar-refractivity contribution in [2.75, 3.05) is 23.8 Å². The third-order valence-electron chi connectivity index (χ3n) is 5.08. The van der Waals surface area contributed by atoms with E-state index in [9.17, 15) is 12.8 Å². The summed E-state index contributed by atoms with van der Waals surface area (Å²) < 4.78 is 50.9. The second-order valence-electron chi connectivity index (χ2n) is 7.76. The molecule has 0 spiro atoms. The van der Waals surface area contributed by atoms with E-state index >= 15 is 0 Å². The Morgan fingerprint density at radius 3 is 2.45 bits per heavy atom. The van der Waals surface area contributed by atoms with Crippen LogP contribution in [0.2, 0.25) is 0 Å². The van der Waals surface area contributed by atoms with Crippen LogP contribution in [-0.2, 0) is 16.5 Å². The fraction of sp³-hybridized carbons (Fsp3) is 0.273. The Hall–Kier alpha value is -3.60. The first-order valence-corrected chi connectivity index (χ1v) is 11.8. The molecule has 11 heteroatoms. The van der Waals surface area contributed by atoms with E-state index in [-0.39, 0.29) is 41.8 Å². The second kappa shape index (κ2) is 8.74. The number of ether oxygens (including phenoxy) is 1. The van der Waals surface area contributed by atoms with Gasteiger partial charge in [-0.1, -0.05) is 0 Å². The van der Waals surface area contributed by atoms with E-state index in [0.717, 1.165) is 0 Å². The lowest BCUT2D eigenvalue weighted by molar-refractivity contribution is 0.340. The summed E-state index contributed by atoms with van der Waals surface area (Å²) >= 11 is 0. The summed E-state index contributed by atoms with van der Waals surface area (Å²) in [5, 5.41) is -0.566. The van der Waals surface area contributed by atoms with Crippen LogP contribution in [0.5, 0.6) is 11.5 Å². The zero-order valence-electron chi connectivity index (χ0n) is 17.9. The average molecular weight is 474 g/mol. The van der Waals surface area contributed by atoms with Crippen LogP contribution in [0.25, 0.3) is 11.1 Å². The summed E-state index contributed by atoms with van der Waals surface area (Å²) in [4.78, 5) is 7.92. The molecule has 3 aromatic rings. The highest BCUT2D eigenvalue weighted by molar-refractivity contribution is 7.88. The Bertz CT molecular complexity index is 1290. The molecule has 0 atom stereocenters. The highest BCUT2D eigenvalue weighted by atomic mass is 32.2. The minimum atomic E-state index is -3.87. The SMILES string of the molecule is CCOc1cc(Cc2cnc(N)nc2N)cc(OS(=O)(=O)C2CC2)c1-c1cc(N)cc(F)c1. The number of halogens is 1. The summed E-state index contributed by atoms with van der Waals surface area (Å²) in [6, 6.07) is 7.23. The van der Waals surface area contributed by atoms with Gasteiger partial charge in [0.05, 0.1) is 17.4 Å². The normalized spacial score (nSPS) is 13.6. The van der Waals surface area contributed by atoms with Crippen LogP contribution in [0.1, 0.15) is 30.9 Å². The lowest BCUT2D eigenvalue weighted by Gasteiger charge is -2.18. The van der Waals surface area contributed by atoms with Crippen molar-refractivity contribution in [1.82, 2.24) is 9.97 Å². The molecule has 0 radical (unpaired) electrons. The number of hydrogen-bond donors (Lipinski definition) is 3. The van der Waals surface area contributed by atoms with Crippen molar-refractivity contribution in [3.05, 3.63) is 53.5 Å².